The van der Waals surface area contributed by atoms with E-state index in [9.17, 15) is 14.7 Å². The Morgan fingerprint density at radius 2 is 2.19 bits per heavy atom. The minimum Gasteiger partial charge on any atom is -0.504 e. The lowest BCUT2D eigenvalue weighted by Crippen LogP contribution is -1.91. The van der Waals surface area contributed by atoms with Crippen LogP contribution in [0, 0.1) is 11.8 Å². The fourth-order valence-electron chi connectivity index (χ4n) is 1.14. The number of phenolic OH excluding ortho intramolecular Hbond substituents is 1. The number of aldehydes is 2. The van der Waals surface area contributed by atoms with Gasteiger partial charge in [-0.05, 0) is 6.07 Å². The second-order valence-electron chi connectivity index (χ2n) is 2.90. The number of ether oxygens (including phenoxy) is 1. The Morgan fingerprint density at radius 1 is 1.44 bits per heavy atom. The van der Waals surface area contributed by atoms with E-state index in [2.05, 4.69) is 11.8 Å². The lowest BCUT2D eigenvalue weighted by molar-refractivity contribution is -0.107. The molecule has 0 aliphatic rings. The maximum atomic E-state index is 10.7. The van der Waals surface area contributed by atoms with E-state index in [1.165, 1.54) is 19.2 Å². The minimum absolute atomic E-state index is 0.0987. The molecule has 0 fully saturated rings. The zero-order valence-electron chi connectivity index (χ0n) is 8.69. The fraction of sp³-hybridized carbons (Fsp3) is 0.167. The summed E-state index contributed by atoms with van der Waals surface area (Å²) in [5, 5.41) is 9.43. The number of hydrogen-bond acceptors (Lipinski definition) is 4. The van der Waals surface area contributed by atoms with Gasteiger partial charge in [-0.15, -0.1) is 0 Å². The van der Waals surface area contributed by atoms with Crippen LogP contribution in [-0.4, -0.2) is 24.8 Å². The highest BCUT2D eigenvalue weighted by atomic mass is 16.5. The molecule has 0 atom stereocenters. The lowest BCUT2D eigenvalue weighted by Gasteiger charge is -2.05. The second kappa shape index (κ2) is 5.56. The highest BCUT2D eigenvalue weighted by Gasteiger charge is 2.07. The smallest absolute Gasteiger partial charge is 0.161 e. The van der Waals surface area contributed by atoms with Crippen molar-refractivity contribution in [1.82, 2.24) is 0 Å². The van der Waals surface area contributed by atoms with Crippen molar-refractivity contribution in [2.75, 3.05) is 7.11 Å². The Bertz CT molecular complexity index is 466. The van der Waals surface area contributed by atoms with Crippen molar-refractivity contribution in [3.8, 4) is 23.3 Å². The molecule has 1 N–H and O–H groups in total. The molecular weight excluding hydrogens is 208 g/mol. The topological polar surface area (TPSA) is 63.6 Å². The molecule has 4 nitrogen and oxygen atoms in total. The monoisotopic (exact) mass is 218 g/mol. The number of rotatable bonds is 3. The SMILES string of the molecule is COc1cc(C#CCC=O)c(C=O)cc1O. The van der Waals surface area contributed by atoms with Gasteiger partial charge in [-0.2, -0.15) is 0 Å². The third-order valence-electron chi connectivity index (χ3n) is 1.89. The third-order valence-corrected chi connectivity index (χ3v) is 1.89. The minimum atomic E-state index is -0.120. The Kier molecular flexibility index (Phi) is 4.10. The van der Waals surface area contributed by atoms with Crippen LogP contribution in [0.15, 0.2) is 12.1 Å². The van der Waals surface area contributed by atoms with Crippen molar-refractivity contribution < 1.29 is 19.4 Å². The van der Waals surface area contributed by atoms with E-state index >= 15 is 0 Å². The summed E-state index contributed by atoms with van der Waals surface area (Å²) in [5.41, 5.74) is 0.684. The van der Waals surface area contributed by atoms with Gasteiger partial charge in [0.1, 0.15) is 6.29 Å². The molecule has 1 aromatic rings. The van der Waals surface area contributed by atoms with Gasteiger partial charge in [0.15, 0.2) is 17.8 Å². The van der Waals surface area contributed by atoms with E-state index in [1.54, 1.807) is 0 Å². The molecule has 0 unspecified atom stereocenters. The molecule has 16 heavy (non-hydrogen) atoms. The molecule has 0 spiro atoms. The number of phenols is 1. The van der Waals surface area contributed by atoms with Gasteiger partial charge in [0, 0.05) is 17.2 Å². The molecule has 0 aliphatic heterocycles. The number of benzene rings is 1. The van der Waals surface area contributed by atoms with E-state index in [1.807, 2.05) is 0 Å². The molecule has 0 saturated carbocycles. The van der Waals surface area contributed by atoms with Crippen molar-refractivity contribution in [2.45, 2.75) is 6.42 Å². The summed E-state index contributed by atoms with van der Waals surface area (Å²) >= 11 is 0. The molecule has 0 bridgehead atoms. The zero-order valence-corrected chi connectivity index (χ0v) is 8.69. The van der Waals surface area contributed by atoms with E-state index in [4.69, 9.17) is 4.74 Å². The Hall–Kier alpha value is -2.28. The number of carbonyl (C=O) groups is 2. The van der Waals surface area contributed by atoms with Crippen LogP contribution >= 0.6 is 0 Å². The predicted molar refractivity (Wildman–Crippen MR) is 57.6 cm³/mol. The number of aromatic hydroxyl groups is 1. The van der Waals surface area contributed by atoms with Gasteiger partial charge < -0.3 is 14.6 Å². The summed E-state index contributed by atoms with van der Waals surface area (Å²) in [6.07, 6.45) is 1.36. The molecule has 0 amide bonds. The number of hydrogen-bond donors (Lipinski definition) is 1. The summed E-state index contributed by atoms with van der Waals surface area (Å²) in [6.45, 7) is 0. The van der Waals surface area contributed by atoms with Crippen molar-refractivity contribution in [1.29, 1.82) is 0 Å². The van der Waals surface area contributed by atoms with Crippen LogP contribution in [0.25, 0.3) is 0 Å². The summed E-state index contributed by atoms with van der Waals surface area (Å²) in [5.74, 6) is 5.36. The van der Waals surface area contributed by atoms with E-state index in [-0.39, 0.29) is 23.5 Å². The molecule has 0 aromatic heterocycles. The first kappa shape index (κ1) is 11.8. The van der Waals surface area contributed by atoms with Gasteiger partial charge in [0.05, 0.1) is 13.5 Å². The van der Waals surface area contributed by atoms with Crippen LogP contribution in [0.3, 0.4) is 0 Å². The molecule has 4 heteroatoms. The standard InChI is InChI=1S/C12H10O4/c1-16-12-7-9(4-2-3-5-13)10(8-14)6-11(12)15/h5-8,15H,3H2,1H3. The van der Waals surface area contributed by atoms with Crippen LogP contribution in [0.4, 0.5) is 0 Å². The number of carbonyl (C=O) groups excluding carboxylic acids is 2. The van der Waals surface area contributed by atoms with Crippen molar-refractivity contribution in [3.05, 3.63) is 23.3 Å². The molecule has 82 valence electrons. The first-order chi connectivity index (χ1) is 7.72. The van der Waals surface area contributed by atoms with Crippen molar-refractivity contribution >= 4 is 12.6 Å². The van der Waals surface area contributed by atoms with Gasteiger partial charge in [0.25, 0.3) is 0 Å². The average molecular weight is 218 g/mol. The molecule has 0 aliphatic carbocycles. The summed E-state index contributed by atoms with van der Waals surface area (Å²) < 4.78 is 4.89. The highest BCUT2D eigenvalue weighted by Crippen LogP contribution is 2.28. The Morgan fingerprint density at radius 3 is 2.75 bits per heavy atom. The molecule has 1 rings (SSSR count). The lowest BCUT2D eigenvalue weighted by atomic mass is 10.1. The largest absolute Gasteiger partial charge is 0.504 e. The molecule has 1 aromatic carbocycles. The van der Waals surface area contributed by atoms with Gasteiger partial charge >= 0.3 is 0 Å². The van der Waals surface area contributed by atoms with Crippen molar-refractivity contribution in [3.63, 3.8) is 0 Å². The van der Waals surface area contributed by atoms with Crippen LogP contribution in [0.2, 0.25) is 0 Å². The molecule has 0 heterocycles. The normalized spacial score (nSPS) is 8.81. The molecule has 0 radical (unpaired) electrons. The highest BCUT2D eigenvalue weighted by molar-refractivity contribution is 5.81. The molecular formula is C12H10O4. The zero-order chi connectivity index (χ0) is 12.0. The van der Waals surface area contributed by atoms with Crippen molar-refractivity contribution in [2.24, 2.45) is 0 Å². The fourth-order valence-corrected chi connectivity index (χ4v) is 1.14. The quantitative estimate of drug-likeness (QED) is 0.610. The van der Waals surface area contributed by atoms with Gasteiger partial charge in [-0.25, -0.2) is 0 Å². The van der Waals surface area contributed by atoms with Crippen LogP contribution < -0.4 is 4.74 Å². The predicted octanol–water partition coefficient (Wildman–Crippen LogP) is 1.15. The number of methoxy groups -OCH3 is 1. The van der Waals surface area contributed by atoms with Gasteiger partial charge in [-0.3, -0.25) is 4.79 Å². The Balaban J connectivity index is 3.21. The second-order valence-corrected chi connectivity index (χ2v) is 2.90. The maximum Gasteiger partial charge on any atom is 0.161 e. The van der Waals surface area contributed by atoms with Crippen LogP contribution in [0.1, 0.15) is 22.3 Å². The van der Waals surface area contributed by atoms with Gasteiger partial charge in [-0.1, -0.05) is 11.8 Å². The summed E-state index contributed by atoms with van der Waals surface area (Å²) in [6, 6.07) is 2.73. The van der Waals surface area contributed by atoms with E-state index in [0.717, 1.165) is 0 Å². The summed E-state index contributed by atoms with van der Waals surface area (Å²) in [4.78, 5) is 20.8. The first-order valence-electron chi connectivity index (χ1n) is 4.51. The summed E-state index contributed by atoms with van der Waals surface area (Å²) in [7, 11) is 1.40. The average Bonchev–Trinajstić information content (AvgIpc) is 2.30. The first-order valence-corrected chi connectivity index (χ1v) is 4.51. The third kappa shape index (κ3) is 2.61. The molecule has 0 saturated heterocycles. The Labute approximate surface area is 92.9 Å². The van der Waals surface area contributed by atoms with E-state index < -0.39 is 0 Å². The van der Waals surface area contributed by atoms with Crippen LogP contribution in [0.5, 0.6) is 11.5 Å². The maximum absolute atomic E-state index is 10.7. The van der Waals surface area contributed by atoms with Crippen LogP contribution in [-0.2, 0) is 4.79 Å². The van der Waals surface area contributed by atoms with Gasteiger partial charge in [0.2, 0.25) is 0 Å². The van der Waals surface area contributed by atoms with E-state index in [0.29, 0.717) is 18.1 Å².